The van der Waals surface area contributed by atoms with Crippen LogP contribution in [0, 0.1) is 10.1 Å². The smallest absolute Gasteiger partial charge is 0.271 e. The van der Waals surface area contributed by atoms with E-state index >= 15 is 0 Å². The third-order valence-electron chi connectivity index (χ3n) is 3.57. The van der Waals surface area contributed by atoms with Crippen LogP contribution >= 0.6 is 15.9 Å². The standard InChI is InChI=1S/C19H14BrN5O3/c20-16-11-15(25(27)28)10-13(18(16)26)12-22-24-19(17-8-4-5-9-21-17)23-14-6-2-1-3-7-14/h1-12,26H,(H,23,24)/b22-12+. The third-order valence-corrected chi connectivity index (χ3v) is 4.17. The number of aromatic nitrogens is 1. The first kappa shape index (κ1) is 19.2. The van der Waals surface area contributed by atoms with Crippen LogP contribution in [0.3, 0.4) is 0 Å². The minimum Gasteiger partial charge on any atom is -0.506 e. The fraction of sp³-hybridized carbons (Fsp3) is 0. The van der Waals surface area contributed by atoms with Gasteiger partial charge in [-0.25, -0.2) is 4.99 Å². The first-order valence-corrected chi connectivity index (χ1v) is 8.85. The van der Waals surface area contributed by atoms with Crippen LogP contribution in [0.1, 0.15) is 11.3 Å². The minimum atomic E-state index is -0.550. The van der Waals surface area contributed by atoms with Crippen molar-refractivity contribution in [3.63, 3.8) is 0 Å². The predicted molar refractivity (Wildman–Crippen MR) is 110 cm³/mol. The van der Waals surface area contributed by atoms with Crippen molar-refractivity contribution in [1.82, 2.24) is 10.4 Å². The van der Waals surface area contributed by atoms with E-state index in [-0.39, 0.29) is 21.5 Å². The van der Waals surface area contributed by atoms with Crippen molar-refractivity contribution in [2.75, 3.05) is 0 Å². The minimum absolute atomic E-state index is 0.157. The van der Waals surface area contributed by atoms with Gasteiger partial charge in [0.1, 0.15) is 11.4 Å². The number of halogens is 1. The zero-order chi connectivity index (χ0) is 19.9. The predicted octanol–water partition coefficient (Wildman–Crippen LogP) is 4.16. The maximum atomic E-state index is 11.0. The molecule has 140 valence electrons. The molecular formula is C19H14BrN5O3. The molecular weight excluding hydrogens is 426 g/mol. The Hall–Kier alpha value is -3.59. The van der Waals surface area contributed by atoms with E-state index in [0.717, 1.165) is 0 Å². The molecule has 0 saturated carbocycles. The molecule has 9 heteroatoms. The van der Waals surface area contributed by atoms with Gasteiger partial charge in [0.05, 0.1) is 21.3 Å². The van der Waals surface area contributed by atoms with Crippen molar-refractivity contribution in [1.29, 1.82) is 0 Å². The number of phenols is 1. The van der Waals surface area contributed by atoms with E-state index in [1.807, 2.05) is 36.4 Å². The molecule has 0 saturated heterocycles. The topological polar surface area (TPSA) is 113 Å². The molecule has 0 aliphatic heterocycles. The van der Waals surface area contributed by atoms with Crippen molar-refractivity contribution >= 4 is 39.4 Å². The number of aliphatic imine (C=N–C) groups is 1. The zero-order valence-corrected chi connectivity index (χ0v) is 15.9. The summed E-state index contributed by atoms with van der Waals surface area (Å²) in [6, 6.07) is 17.1. The molecule has 3 aromatic rings. The molecule has 8 nitrogen and oxygen atoms in total. The van der Waals surface area contributed by atoms with Gasteiger partial charge in [-0.3, -0.25) is 20.5 Å². The highest BCUT2D eigenvalue weighted by Gasteiger charge is 2.13. The first-order valence-electron chi connectivity index (χ1n) is 8.05. The number of nitro benzene ring substituents is 1. The van der Waals surface area contributed by atoms with Gasteiger partial charge in [-0.15, -0.1) is 0 Å². The molecule has 0 fully saturated rings. The number of benzene rings is 2. The summed E-state index contributed by atoms with van der Waals surface area (Å²) in [4.78, 5) is 19.2. The Morgan fingerprint density at radius 1 is 1.18 bits per heavy atom. The van der Waals surface area contributed by atoms with Crippen molar-refractivity contribution in [2.45, 2.75) is 0 Å². The molecule has 0 bridgehead atoms. The van der Waals surface area contributed by atoms with Crippen LogP contribution in [0.25, 0.3) is 0 Å². The van der Waals surface area contributed by atoms with Gasteiger partial charge < -0.3 is 5.11 Å². The van der Waals surface area contributed by atoms with E-state index in [1.54, 1.807) is 18.3 Å². The quantitative estimate of drug-likeness (QED) is 0.268. The number of hydrogen-bond donors (Lipinski definition) is 2. The number of phenolic OH excluding ortho intramolecular Hbond substituents is 1. The maximum absolute atomic E-state index is 11.0. The van der Waals surface area contributed by atoms with E-state index < -0.39 is 4.92 Å². The fourth-order valence-electron chi connectivity index (χ4n) is 2.25. The van der Waals surface area contributed by atoms with Crippen LogP contribution < -0.4 is 5.43 Å². The lowest BCUT2D eigenvalue weighted by atomic mass is 10.2. The van der Waals surface area contributed by atoms with Crippen LogP contribution in [0.15, 0.2) is 81.4 Å². The molecule has 28 heavy (non-hydrogen) atoms. The average Bonchev–Trinajstić information content (AvgIpc) is 2.71. The number of para-hydroxylation sites is 1. The lowest BCUT2D eigenvalue weighted by Gasteiger charge is -2.06. The average molecular weight is 440 g/mol. The Balaban J connectivity index is 1.91. The largest absolute Gasteiger partial charge is 0.506 e. The van der Waals surface area contributed by atoms with E-state index in [4.69, 9.17) is 0 Å². The number of nitro groups is 1. The number of nitrogens with one attached hydrogen (secondary N) is 1. The first-order chi connectivity index (χ1) is 13.5. The second kappa shape index (κ2) is 8.87. The number of hydrogen-bond acceptors (Lipinski definition) is 6. The second-order valence-corrected chi connectivity index (χ2v) is 6.36. The van der Waals surface area contributed by atoms with E-state index in [1.165, 1.54) is 18.3 Å². The Kier molecular flexibility index (Phi) is 6.07. The van der Waals surface area contributed by atoms with Crippen LogP contribution in [0.2, 0.25) is 0 Å². The van der Waals surface area contributed by atoms with Crippen molar-refractivity contribution in [3.8, 4) is 5.75 Å². The molecule has 0 amide bonds. The molecule has 3 rings (SSSR count). The molecule has 2 N–H and O–H groups in total. The summed E-state index contributed by atoms with van der Waals surface area (Å²) >= 11 is 3.10. The molecule has 0 aliphatic carbocycles. The van der Waals surface area contributed by atoms with Crippen LogP contribution in [0.4, 0.5) is 11.4 Å². The van der Waals surface area contributed by atoms with Crippen LogP contribution in [-0.4, -0.2) is 27.1 Å². The Morgan fingerprint density at radius 3 is 2.61 bits per heavy atom. The zero-order valence-electron chi connectivity index (χ0n) is 14.4. The fourth-order valence-corrected chi connectivity index (χ4v) is 2.71. The SMILES string of the molecule is O=[N+]([O-])c1cc(Br)c(O)c(/C=N/NC(=Nc2ccccc2)c2ccccn2)c1. The van der Waals surface area contributed by atoms with Gasteiger partial charge in [-0.2, -0.15) is 5.10 Å². The van der Waals surface area contributed by atoms with Crippen molar-refractivity contribution < 1.29 is 10.0 Å². The monoisotopic (exact) mass is 439 g/mol. The summed E-state index contributed by atoms with van der Waals surface area (Å²) in [5.41, 5.74) is 4.06. The van der Waals surface area contributed by atoms with Gasteiger partial charge >= 0.3 is 0 Å². The molecule has 1 heterocycles. The lowest BCUT2D eigenvalue weighted by molar-refractivity contribution is -0.385. The van der Waals surface area contributed by atoms with E-state index in [2.05, 4.69) is 36.4 Å². The highest BCUT2D eigenvalue weighted by molar-refractivity contribution is 9.10. The number of amidine groups is 1. The number of rotatable bonds is 5. The highest BCUT2D eigenvalue weighted by Crippen LogP contribution is 2.31. The molecule has 2 aromatic carbocycles. The van der Waals surface area contributed by atoms with Gasteiger partial charge in [-0.05, 0) is 40.2 Å². The Labute approximate surface area is 168 Å². The van der Waals surface area contributed by atoms with Crippen LogP contribution in [-0.2, 0) is 0 Å². The van der Waals surface area contributed by atoms with E-state index in [9.17, 15) is 15.2 Å². The van der Waals surface area contributed by atoms with Gasteiger partial charge in [-0.1, -0.05) is 24.3 Å². The summed E-state index contributed by atoms with van der Waals surface area (Å²) in [6.07, 6.45) is 2.90. The summed E-state index contributed by atoms with van der Waals surface area (Å²) in [5, 5.41) is 25.2. The molecule has 1 aromatic heterocycles. The number of pyridine rings is 1. The van der Waals surface area contributed by atoms with Gasteiger partial charge in [0.2, 0.25) is 0 Å². The molecule has 0 radical (unpaired) electrons. The summed E-state index contributed by atoms with van der Waals surface area (Å²) in [6.45, 7) is 0. The number of non-ortho nitro benzene ring substituents is 1. The van der Waals surface area contributed by atoms with Gasteiger partial charge in [0.15, 0.2) is 5.84 Å². The van der Waals surface area contributed by atoms with Gasteiger partial charge in [0, 0.05) is 23.9 Å². The van der Waals surface area contributed by atoms with Crippen molar-refractivity contribution in [3.05, 3.63) is 92.7 Å². The Bertz CT molecular complexity index is 1040. The van der Waals surface area contributed by atoms with Crippen molar-refractivity contribution in [2.24, 2.45) is 10.1 Å². The Morgan fingerprint density at radius 2 is 1.93 bits per heavy atom. The summed E-state index contributed by atoms with van der Waals surface area (Å²) < 4.78 is 0.200. The van der Waals surface area contributed by atoms with Gasteiger partial charge in [0.25, 0.3) is 5.69 Å². The third kappa shape index (κ3) is 4.77. The second-order valence-electron chi connectivity index (χ2n) is 5.50. The molecule has 0 unspecified atom stereocenters. The maximum Gasteiger partial charge on any atom is 0.271 e. The number of aromatic hydroxyl groups is 1. The van der Waals surface area contributed by atoms with Crippen LogP contribution in [0.5, 0.6) is 5.75 Å². The summed E-state index contributed by atoms with van der Waals surface area (Å²) in [5.74, 6) is 0.225. The highest BCUT2D eigenvalue weighted by atomic mass is 79.9. The summed E-state index contributed by atoms with van der Waals surface area (Å²) in [7, 11) is 0. The normalized spacial score (nSPS) is 11.5. The molecule has 0 aliphatic rings. The van der Waals surface area contributed by atoms with E-state index in [0.29, 0.717) is 17.2 Å². The lowest BCUT2D eigenvalue weighted by Crippen LogP contribution is -2.20. The number of nitrogens with zero attached hydrogens (tertiary/aromatic N) is 4. The molecule has 0 atom stereocenters. The molecule has 0 spiro atoms. The number of hydrazone groups is 1.